The Morgan fingerprint density at radius 1 is 0.931 bits per heavy atom. The number of aromatic nitrogens is 3. The first kappa shape index (κ1) is 20.6. The Kier molecular flexibility index (Phi) is 6.29. The van der Waals surface area contributed by atoms with Gasteiger partial charge >= 0.3 is 0 Å². The van der Waals surface area contributed by atoms with E-state index in [1.807, 2.05) is 19.1 Å². The molecule has 0 amide bonds. The summed E-state index contributed by atoms with van der Waals surface area (Å²) in [6, 6.07) is 9.38. The molecule has 8 nitrogen and oxygen atoms in total. The monoisotopic (exact) mass is 420 g/mol. The first-order valence-corrected chi connectivity index (χ1v) is 10.0. The van der Waals surface area contributed by atoms with Crippen LogP contribution in [0.1, 0.15) is 5.56 Å². The van der Waals surface area contributed by atoms with Gasteiger partial charge in [-0.3, -0.25) is 0 Å². The molecular formula is C18H18F2N6O2S. The molecule has 0 spiro atoms. The van der Waals surface area contributed by atoms with Crippen molar-refractivity contribution < 1.29 is 17.2 Å². The SMILES string of the molecule is Cc1ccnc(Nc2ccc(NCCNS(=O)(=O)c3ccc(F)cc3F)nn2)c1. The lowest BCUT2D eigenvalue weighted by molar-refractivity contribution is 0.543. The number of benzene rings is 1. The number of nitrogens with zero attached hydrogens (tertiary/aromatic N) is 3. The van der Waals surface area contributed by atoms with Crippen molar-refractivity contribution in [2.75, 3.05) is 23.7 Å². The van der Waals surface area contributed by atoms with Crippen LogP contribution in [0.5, 0.6) is 0 Å². The molecule has 3 N–H and O–H groups in total. The highest BCUT2D eigenvalue weighted by molar-refractivity contribution is 7.89. The number of pyridine rings is 1. The Balaban J connectivity index is 1.50. The molecule has 152 valence electrons. The molecule has 0 saturated carbocycles. The van der Waals surface area contributed by atoms with Crippen molar-refractivity contribution in [2.45, 2.75) is 11.8 Å². The van der Waals surface area contributed by atoms with Crippen molar-refractivity contribution in [3.63, 3.8) is 0 Å². The minimum Gasteiger partial charge on any atom is -0.367 e. The lowest BCUT2D eigenvalue weighted by atomic mass is 10.3. The van der Waals surface area contributed by atoms with Crippen molar-refractivity contribution in [2.24, 2.45) is 0 Å². The molecule has 0 radical (unpaired) electrons. The van der Waals surface area contributed by atoms with Gasteiger partial charge in [0.1, 0.15) is 28.2 Å². The molecule has 3 aromatic rings. The average Bonchev–Trinajstić information content (AvgIpc) is 2.66. The van der Waals surface area contributed by atoms with Crippen LogP contribution in [0.3, 0.4) is 0 Å². The third kappa shape index (κ3) is 5.65. The van der Waals surface area contributed by atoms with Crippen LogP contribution in [-0.2, 0) is 10.0 Å². The number of nitrogens with one attached hydrogen (secondary N) is 3. The van der Waals surface area contributed by atoms with Crippen LogP contribution in [-0.4, -0.2) is 36.7 Å². The molecule has 0 bridgehead atoms. The zero-order valence-corrected chi connectivity index (χ0v) is 16.2. The second-order valence-electron chi connectivity index (χ2n) is 6.05. The van der Waals surface area contributed by atoms with Gasteiger partial charge in [0.05, 0.1) is 0 Å². The van der Waals surface area contributed by atoms with Gasteiger partial charge < -0.3 is 10.6 Å². The zero-order valence-electron chi connectivity index (χ0n) is 15.4. The molecule has 2 aromatic heterocycles. The maximum absolute atomic E-state index is 13.6. The molecule has 2 heterocycles. The van der Waals surface area contributed by atoms with E-state index in [0.717, 1.165) is 17.7 Å². The summed E-state index contributed by atoms with van der Waals surface area (Å²) in [6.07, 6.45) is 1.68. The standard InChI is InChI=1S/C18H18F2N6O2S/c1-12-6-7-21-18(10-12)24-17-5-4-16(25-26-17)22-8-9-23-29(27,28)15-3-2-13(19)11-14(15)20/h2-7,10-11,23H,8-9H2,1H3,(H,22,25)(H,21,24,26). The fourth-order valence-corrected chi connectivity index (χ4v) is 3.46. The summed E-state index contributed by atoms with van der Waals surface area (Å²) in [5, 5.41) is 13.9. The molecule has 0 aliphatic carbocycles. The van der Waals surface area contributed by atoms with Gasteiger partial charge in [-0.2, -0.15) is 0 Å². The van der Waals surface area contributed by atoms with Gasteiger partial charge in [0.15, 0.2) is 5.82 Å². The number of rotatable bonds is 8. The van der Waals surface area contributed by atoms with Crippen LogP contribution in [0.4, 0.5) is 26.2 Å². The first-order chi connectivity index (χ1) is 13.8. The quantitative estimate of drug-likeness (QED) is 0.481. The normalized spacial score (nSPS) is 11.3. The van der Waals surface area contributed by atoms with E-state index < -0.39 is 26.6 Å². The predicted molar refractivity (Wildman–Crippen MR) is 104 cm³/mol. The fourth-order valence-electron chi connectivity index (χ4n) is 2.38. The Morgan fingerprint density at radius 3 is 2.38 bits per heavy atom. The Bertz CT molecular complexity index is 1090. The molecule has 1 aromatic carbocycles. The summed E-state index contributed by atoms with van der Waals surface area (Å²) < 4.78 is 52.9. The summed E-state index contributed by atoms with van der Waals surface area (Å²) in [6.45, 7) is 2.10. The molecule has 29 heavy (non-hydrogen) atoms. The fraction of sp³-hybridized carbons (Fsp3) is 0.167. The lowest BCUT2D eigenvalue weighted by Crippen LogP contribution is -2.29. The molecule has 0 unspecified atom stereocenters. The van der Waals surface area contributed by atoms with Gasteiger partial charge in [-0.25, -0.2) is 26.9 Å². The number of halogens is 2. The number of sulfonamides is 1. The molecule has 0 fully saturated rings. The lowest BCUT2D eigenvalue weighted by Gasteiger charge is -2.09. The van der Waals surface area contributed by atoms with Crippen molar-refractivity contribution in [3.8, 4) is 0 Å². The van der Waals surface area contributed by atoms with E-state index in [4.69, 9.17) is 0 Å². The van der Waals surface area contributed by atoms with Crippen molar-refractivity contribution in [3.05, 3.63) is 65.9 Å². The summed E-state index contributed by atoms with van der Waals surface area (Å²) in [5.74, 6) is -0.427. The number of hydrogen-bond acceptors (Lipinski definition) is 7. The van der Waals surface area contributed by atoms with E-state index >= 15 is 0 Å². The summed E-state index contributed by atoms with van der Waals surface area (Å²) in [4.78, 5) is 3.56. The molecule has 0 aliphatic rings. The van der Waals surface area contributed by atoms with Gasteiger partial charge in [0.2, 0.25) is 10.0 Å². The van der Waals surface area contributed by atoms with Gasteiger partial charge in [0, 0.05) is 25.4 Å². The van der Waals surface area contributed by atoms with Crippen LogP contribution in [0.25, 0.3) is 0 Å². The van der Waals surface area contributed by atoms with Gasteiger partial charge in [-0.1, -0.05) is 0 Å². The summed E-state index contributed by atoms with van der Waals surface area (Å²) in [5.41, 5.74) is 1.05. The van der Waals surface area contributed by atoms with Crippen LogP contribution >= 0.6 is 0 Å². The van der Waals surface area contributed by atoms with Gasteiger partial charge in [-0.05, 0) is 48.9 Å². The largest absolute Gasteiger partial charge is 0.367 e. The molecule has 11 heteroatoms. The molecule has 0 aliphatic heterocycles. The topological polar surface area (TPSA) is 109 Å². The average molecular weight is 420 g/mol. The second-order valence-corrected chi connectivity index (χ2v) is 7.78. The van der Waals surface area contributed by atoms with Crippen molar-refractivity contribution in [1.29, 1.82) is 0 Å². The molecule has 0 atom stereocenters. The third-order valence-corrected chi connectivity index (χ3v) is 5.24. The third-order valence-electron chi connectivity index (χ3n) is 3.74. The molecular weight excluding hydrogens is 402 g/mol. The minimum atomic E-state index is -4.09. The van der Waals surface area contributed by atoms with E-state index in [0.29, 0.717) is 23.5 Å². The summed E-state index contributed by atoms with van der Waals surface area (Å²) in [7, 11) is -4.09. The summed E-state index contributed by atoms with van der Waals surface area (Å²) >= 11 is 0. The van der Waals surface area contributed by atoms with E-state index in [1.165, 1.54) is 0 Å². The van der Waals surface area contributed by atoms with Crippen LogP contribution in [0, 0.1) is 18.6 Å². The predicted octanol–water partition coefficient (Wildman–Crippen LogP) is 2.59. The van der Waals surface area contributed by atoms with Crippen molar-refractivity contribution in [1.82, 2.24) is 19.9 Å². The Hall–Kier alpha value is -3.18. The van der Waals surface area contributed by atoms with Gasteiger partial charge in [-0.15, -0.1) is 10.2 Å². The smallest absolute Gasteiger partial charge is 0.243 e. The van der Waals surface area contributed by atoms with E-state index in [9.17, 15) is 17.2 Å². The highest BCUT2D eigenvalue weighted by atomic mass is 32.2. The maximum Gasteiger partial charge on any atom is 0.243 e. The number of hydrogen-bond donors (Lipinski definition) is 3. The second kappa shape index (κ2) is 8.88. The molecule has 0 saturated heterocycles. The van der Waals surface area contributed by atoms with Crippen molar-refractivity contribution >= 4 is 27.5 Å². The number of aryl methyl sites for hydroxylation is 1. The van der Waals surface area contributed by atoms with Crippen LogP contribution < -0.4 is 15.4 Å². The van der Waals surface area contributed by atoms with Crippen LogP contribution in [0.2, 0.25) is 0 Å². The van der Waals surface area contributed by atoms with E-state index in [1.54, 1.807) is 18.3 Å². The highest BCUT2D eigenvalue weighted by Crippen LogP contribution is 2.15. The minimum absolute atomic E-state index is 0.0337. The van der Waals surface area contributed by atoms with E-state index in [2.05, 4.69) is 30.5 Å². The van der Waals surface area contributed by atoms with E-state index in [-0.39, 0.29) is 13.1 Å². The van der Waals surface area contributed by atoms with Crippen LogP contribution in [0.15, 0.2) is 53.6 Å². The van der Waals surface area contributed by atoms with Gasteiger partial charge in [0.25, 0.3) is 0 Å². The zero-order chi connectivity index (χ0) is 20.9. The Labute approximate surface area is 166 Å². The first-order valence-electron chi connectivity index (χ1n) is 8.55. The number of anilines is 3. The molecule has 3 rings (SSSR count). The Morgan fingerprint density at radius 2 is 1.69 bits per heavy atom. The highest BCUT2D eigenvalue weighted by Gasteiger charge is 2.18. The maximum atomic E-state index is 13.6.